The maximum Gasteiger partial charge on any atom is 0.137 e. The summed E-state index contributed by atoms with van der Waals surface area (Å²) in [5.41, 5.74) is 0.239. The lowest BCUT2D eigenvalue weighted by atomic mass is 10.1. The van der Waals surface area contributed by atoms with Crippen molar-refractivity contribution in [2.75, 3.05) is 33.0 Å². The van der Waals surface area contributed by atoms with E-state index in [-0.39, 0.29) is 25.9 Å². The molecule has 0 saturated carbocycles. The Hall–Kier alpha value is -0.630. The normalized spacial score (nSPS) is 21.9. The number of aliphatic hydroxyl groups is 2. The van der Waals surface area contributed by atoms with Gasteiger partial charge in [-0.2, -0.15) is 0 Å². The second kappa shape index (κ2) is 7.40. The Morgan fingerprint density at radius 2 is 2.00 bits per heavy atom. The summed E-state index contributed by atoms with van der Waals surface area (Å²) in [6.45, 7) is 2.39. The molecule has 2 rings (SSSR count). The lowest BCUT2D eigenvalue weighted by Gasteiger charge is -2.37. The summed E-state index contributed by atoms with van der Waals surface area (Å²) in [6.07, 6.45) is -0.181. The van der Waals surface area contributed by atoms with E-state index in [1.165, 1.54) is 17.6 Å². The van der Waals surface area contributed by atoms with Crippen LogP contribution in [0.15, 0.2) is 29.2 Å². The molecule has 0 bridgehead atoms. The molecule has 2 N–H and O–H groups in total. The zero-order valence-corrected chi connectivity index (χ0v) is 12.3. The minimum absolute atomic E-state index is 0.170. The zero-order chi connectivity index (χ0) is 14.4. The van der Waals surface area contributed by atoms with E-state index < -0.39 is 5.60 Å². The zero-order valence-electron chi connectivity index (χ0n) is 11.4. The fraction of sp³-hybridized carbons (Fsp3) is 0.571. The predicted octanol–water partition coefficient (Wildman–Crippen LogP) is 1.16. The maximum atomic E-state index is 9.17. The van der Waals surface area contributed by atoms with Crippen LogP contribution in [0.25, 0.3) is 0 Å². The van der Waals surface area contributed by atoms with E-state index in [0.717, 1.165) is 4.90 Å². The Morgan fingerprint density at radius 3 is 2.55 bits per heavy atom. The molecule has 112 valence electrons. The average molecular weight is 300 g/mol. The molecule has 1 saturated heterocycles. The summed E-state index contributed by atoms with van der Waals surface area (Å²) in [7, 11) is 0. The summed E-state index contributed by atoms with van der Waals surface area (Å²) in [5.74, 6) is 0. The monoisotopic (exact) mass is 300 g/mol. The number of ether oxygens (including phenoxy) is 2. The molecule has 0 radical (unpaired) electrons. The van der Waals surface area contributed by atoms with Gasteiger partial charge in [-0.15, -0.1) is 0 Å². The van der Waals surface area contributed by atoms with Gasteiger partial charge in [-0.05, 0) is 19.1 Å². The molecular formula is C14H20O5S. The van der Waals surface area contributed by atoms with E-state index in [9.17, 15) is 10.2 Å². The molecule has 1 aromatic rings. The Morgan fingerprint density at radius 1 is 1.30 bits per heavy atom. The van der Waals surface area contributed by atoms with Gasteiger partial charge in [-0.25, -0.2) is 0 Å². The number of aliphatic hydroxyl groups excluding tert-OH is 2. The standard InChI is InChI=1S/C14H20O5S/c1-11-2-4-13(5-3-11)20-19-7-12-6-18-14(8-15,9-16)10-17-12/h2-5,12,15-16H,6-10H2,1H3. The van der Waals surface area contributed by atoms with Crippen LogP contribution in [0.2, 0.25) is 0 Å². The molecule has 1 atom stereocenters. The summed E-state index contributed by atoms with van der Waals surface area (Å²) in [5, 5.41) is 18.3. The molecule has 0 aromatic heterocycles. The van der Waals surface area contributed by atoms with Crippen molar-refractivity contribution in [1.29, 1.82) is 0 Å². The highest BCUT2D eigenvalue weighted by molar-refractivity contribution is 7.94. The van der Waals surface area contributed by atoms with Crippen LogP contribution in [0.1, 0.15) is 5.56 Å². The number of benzene rings is 1. The van der Waals surface area contributed by atoms with Gasteiger partial charge in [0.15, 0.2) is 0 Å². The third-order valence-corrected chi connectivity index (χ3v) is 3.88. The first-order valence-corrected chi connectivity index (χ1v) is 7.25. The summed E-state index contributed by atoms with van der Waals surface area (Å²) in [4.78, 5) is 1.03. The lowest BCUT2D eigenvalue weighted by molar-refractivity contribution is -0.221. The molecule has 1 fully saturated rings. The third-order valence-electron chi connectivity index (χ3n) is 3.16. The van der Waals surface area contributed by atoms with Gasteiger partial charge in [0.1, 0.15) is 11.7 Å². The average Bonchev–Trinajstić information content (AvgIpc) is 2.50. The minimum atomic E-state index is -0.972. The first-order valence-electron chi connectivity index (χ1n) is 6.51. The Bertz CT molecular complexity index is 395. The Labute approximate surface area is 123 Å². The van der Waals surface area contributed by atoms with Gasteiger partial charge in [0.2, 0.25) is 0 Å². The molecule has 1 aromatic carbocycles. The molecule has 0 amide bonds. The molecule has 1 aliphatic heterocycles. The first-order chi connectivity index (χ1) is 9.67. The molecule has 1 aliphatic rings. The second-order valence-corrected chi connectivity index (χ2v) is 5.80. The number of hydrogen-bond acceptors (Lipinski definition) is 6. The van der Waals surface area contributed by atoms with Crippen LogP contribution in [0, 0.1) is 6.92 Å². The fourth-order valence-corrected chi connectivity index (χ4v) is 2.33. The van der Waals surface area contributed by atoms with Crippen molar-refractivity contribution in [3.63, 3.8) is 0 Å². The van der Waals surface area contributed by atoms with Gasteiger partial charge < -0.3 is 23.9 Å². The van der Waals surface area contributed by atoms with Crippen LogP contribution in [-0.2, 0) is 13.7 Å². The molecule has 0 spiro atoms. The van der Waals surface area contributed by atoms with Crippen molar-refractivity contribution < 1.29 is 23.9 Å². The molecule has 1 unspecified atom stereocenters. The van der Waals surface area contributed by atoms with Crippen LogP contribution in [0.3, 0.4) is 0 Å². The highest BCUT2D eigenvalue weighted by Crippen LogP contribution is 2.22. The number of hydrogen-bond donors (Lipinski definition) is 2. The molecule has 5 nitrogen and oxygen atoms in total. The van der Waals surface area contributed by atoms with E-state index in [1.807, 2.05) is 31.2 Å². The van der Waals surface area contributed by atoms with Gasteiger partial charge in [0.05, 0.1) is 33.0 Å². The molecule has 0 aliphatic carbocycles. The van der Waals surface area contributed by atoms with Crippen molar-refractivity contribution >= 4 is 12.0 Å². The van der Waals surface area contributed by atoms with Crippen molar-refractivity contribution in [3.05, 3.63) is 29.8 Å². The van der Waals surface area contributed by atoms with Crippen LogP contribution in [0.5, 0.6) is 0 Å². The highest BCUT2D eigenvalue weighted by Gasteiger charge is 2.36. The van der Waals surface area contributed by atoms with Crippen LogP contribution >= 0.6 is 12.0 Å². The van der Waals surface area contributed by atoms with Gasteiger partial charge >= 0.3 is 0 Å². The van der Waals surface area contributed by atoms with E-state index in [1.54, 1.807) is 0 Å². The van der Waals surface area contributed by atoms with Crippen LogP contribution in [0.4, 0.5) is 0 Å². The van der Waals surface area contributed by atoms with E-state index in [2.05, 4.69) is 0 Å². The second-order valence-electron chi connectivity index (χ2n) is 4.92. The van der Waals surface area contributed by atoms with E-state index >= 15 is 0 Å². The Balaban J connectivity index is 1.70. The van der Waals surface area contributed by atoms with Gasteiger partial charge in [0.25, 0.3) is 0 Å². The molecule has 20 heavy (non-hydrogen) atoms. The van der Waals surface area contributed by atoms with Gasteiger partial charge in [0, 0.05) is 16.9 Å². The lowest BCUT2D eigenvalue weighted by Crippen LogP contribution is -2.52. The summed E-state index contributed by atoms with van der Waals surface area (Å²) in [6, 6.07) is 8.06. The molecule has 1 heterocycles. The van der Waals surface area contributed by atoms with E-state index in [4.69, 9.17) is 13.7 Å². The van der Waals surface area contributed by atoms with Crippen molar-refractivity contribution in [2.24, 2.45) is 0 Å². The topological polar surface area (TPSA) is 68.2 Å². The highest BCUT2D eigenvalue weighted by atomic mass is 32.2. The number of rotatable bonds is 6. The quantitative estimate of drug-likeness (QED) is 0.768. The molecule has 6 heteroatoms. The third kappa shape index (κ3) is 4.18. The number of aryl methyl sites for hydroxylation is 1. The molecular weight excluding hydrogens is 280 g/mol. The van der Waals surface area contributed by atoms with Crippen molar-refractivity contribution in [1.82, 2.24) is 0 Å². The Kier molecular flexibility index (Phi) is 5.83. The SMILES string of the molecule is Cc1ccc(SOCC2COC(CO)(CO)CO2)cc1. The van der Waals surface area contributed by atoms with Crippen LogP contribution < -0.4 is 0 Å². The smallest absolute Gasteiger partial charge is 0.137 e. The van der Waals surface area contributed by atoms with E-state index in [0.29, 0.717) is 13.2 Å². The largest absolute Gasteiger partial charge is 0.393 e. The van der Waals surface area contributed by atoms with Crippen LogP contribution in [-0.4, -0.2) is 55.0 Å². The summed E-state index contributed by atoms with van der Waals surface area (Å²) >= 11 is 1.30. The first kappa shape index (κ1) is 15.8. The van der Waals surface area contributed by atoms with Crippen molar-refractivity contribution in [2.45, 2.75) is 23.5 Å². The predicted molar refractivity (Wildman–Crippen MR) is 75.6 cm³/mol. The van der Waals surface area contributed by atoms with Gasteiger partial charge in [-0.3, -0.25) is 0 Å². The minimum Gasteiger partial charge on any atom is -0.393 e. The maximum absolute atomic E-state index is 9.17. The van der Waals surface area contributed by atoms with Crippen molar-refractivity contribution in [3.8, 4) is 0 Å². The summed E-state index contributed by atoms with van der Waals surface area (Å²) < 4.78 is 16.6. The van der Waals surface area contributed by atoms with Gasteiger partial charge in [-0.1, -0.05) is 17.7 Å². The fourth-order valence-electron chi connectivity index (χ4n) is 1.73.